The number of fused-ring (bicyclic) bond motifs is 2. The Kier molecular flexibility index (Phi) is 21.6. The summed E-state index contributed by atoms with van der Waals surface area (Å²) in [7, 11) is 0. The molecule has 10 N–H and O–H groups in total. The summed E-state index contributed by atoms with van der Waals surface area (Å²) in [6.07, 6.45) is 6.12. The van der Waals surface area contributed by atoms with Gasteiger partial charge in [-0.15, -0.1) is 0 Å². The smallest absolute Gasteiger partial charge is 0.324 e. The number of halogens is 4. The van der Waals surface area contributed by atoms with E-state index in [0.29, 0.717) is 33.7 Å². The van der Waals surface area contributed by atoms with Crippen molar-refractivity contribution in [3.63, 3.8) is 0 Å². The van der Waals surface area contributed by atoms with Gasteiger partial charge in [-0.3, -0.25) is 48.2 Å². The second-order valence-electron chi connectivity index (χ2n) is 19.2. The summed E-state index contributed by atoms with van der Waals surface area (Å²) in [6, 6.07) is 27.5. The van der Waals surface area contributed by atoms with Gasteiger partial charge >= 0.3 is 6.03 Å². The summed E-state index contributed by atoms with van der Waals surface area (Å²) in [5, 5.41) is 22.3. The first-order chi connectivity index (χ1) is 41.3. The van der Waals surface area contributed by atoms with Crippen LogP contribution in [0.4, 0.5) is 30.9 Å². The van der Waals surface area contributed by atoms with Crippen molar-refractivity contribution in [3.05, 3.63) is 182 Å². The number of anilines is 3. The molecular formula is C57H56Cl2F2N18O8. The minimum atomic E-state index is -0.878. The van der Waals surface area contributed by atoms with Crippen LogP contribution in [-0.4, -0.2) is 112 Å². The molecule has 0 aliphatic heterocycles. The minimum Gasteiger partial charge on any atom is -0.384 e. The normalized spacial score (nSPS) is 12.1. The van der Waals surface area contributed by atoms with Gasteiger partial charge in [0.25, 0.3) is 11.8 Å². The van der Waals surface area contributed by atoms with Crippen molar-refractivity contribution in [3.8, 4) is 0 Å². The van der Waals surface area contributed by atoms with E-state index in [0.717, 1.165) is 25.7 Å². The quantitative estimate of drug-likeness (QED) is 0.0238. The standard InChI is InChI=1S/C28H26ClFN8O4.C23H20ClFN8O4.C5H6N2.CH4/c29-20-5-3-4-16(25(20)30)13-33-23(39)14-37(18-8-9-18)24(40)15-38-21-10-7-17(12-19(21)26(36-38)27(31)41)34-28(42)35-22-6-1-2-11-32-22;24-16-3-1-2-13(20(16)25)9-28-18(34)10-32(14-5-6-14)19(35)11-33-17-7-4-12(23(37)29-31-27)8-15(17)21(30-33)22(26)36;6-5-3-1-2-4-7-5;/h1-7,10-12,18H,8-9,13-15H2,(H2,31,41)(H,33,39)(H2,32,34,35,42);1-4,7-8,14H,5-6,9-11H2,(H2,26,36)(H,28,34);1-4H,(H2,6,7);1H4. The van der Waals surface area contributed by atoms with E-state index in [1.54, 1.807) is 54.7 Å². The summed E-state index contributed by atoms with van der Waals surface area (Å²) in [6.45, 7) is -1.23. The molecule has 4 aromatic heterocycles. The molecule has 0 bridgehead atoms. The van der Waals surface area contributed by atoms with Crippen LogP contribution >= 0.6 is 23.2 Å². The van der Waals surface area contributed by atoms with Crippen LogP contribution in [0.5, 0.6) is 0 Å². The molecule has 8 aromatic rings. The molecule has 0 atom stereocenters. The summed E-state index contributed by atoms with van der Waals surface area (Å²) < 4.78 is 30.9. The van der Waals surface area contributed by atoms with Crippen LogP contribution in [0.1, 0.15) is 75.6 Å². The summed E-state index contributed by atoms with van der Waals surface area (Å²) in [4.78, 5) is 113. The number of carbonyl (C=O) groups is 8. The molecule has 4 aromatic carbocycles. The molecular weight excluding hydrogens is 1170 g/mol. The molecule has 450 valence electrons. The lowest BCUT2D eigenvalue weighted by Gasteiger charge is -2.22. The van der Waals surface area contributed by atoms with E-state index in [2.05, 4.69) is 51.5 Å². The van der Waals surface area contributed by atoms with E-state index in [1.165, 1.54) is 73.9 Å². The predicted octanol–water partition coefficient (Wildman–Crippen LogP) is 7.26. The number of pyridine rings is 2. The van der Waals surface area contributed by atoms with Crippen molar-refractivity contribution in [2.45, 2.75) is 71.4 Å². The van der Waals surface area contributed by atoms with E-state index < -0.39 is 53.1 Å². The molecule has 2 saturated carbocycles. The number of hydrogen-bond donors (Lipinski definition) is 7. The van der Waals surface area contributed by atoms with Gasteiger partial charge in [-0.2, -0.15) is 10.2 Å². The first-order valence-corrected chi connectivity index (χ1v) is 26.9. The Hall–Kier alpha value is -10.6. The van der Waals surface area contributed by atoms with Gasteiger partial charge in [0.05, 0.1) is 34.2 Å². The molecule has 0 radical (unpaired) electrons. The van der Waals surface area contributed by atoms with Gasteiger partial charge in [0.15, 0.2) is 11.4 Å². The van der Waals surface area contributed by atoms with Crippen LogP contribution in [-0.2, 0) is 45.4 Å². The highest BCUT2D eigenvalue weighted by atomic mass is 35.5. The maximum absolute atomic E-state index is 14.2. The number of nitrogens with two attached hydrogens (primary N) is 3. The Morgan fingerprint density at radius 2 is 1.14 bits per heavy atom. The number of aromatic nitrogens is 6. The lowest BCUT2D eigenvalue weighted by Crippen LogP contribution is -2.43. The van der Waals surface area contributed by atoms with Crippen LogP contribution in [0.3, 0.4) is 0 Å². The Bertz CT molecular complexity index is 3950. The monoisotopic (exact) mass is 1230 g/mol. The Labute approximate surface area is 504 Å². The Balaban J connectivity index is 0.000000222. The average molecular weight is 1230 g/mol. The topological polar surface area (TPSA) is 379 Å². The fraction of sp³-hybridized carbons (Fsp3) is 0.228. The van der Waals surface area contributed by atoms with Gasteiger partial charge < -0.3 is 43.0 Å². The number of benzene rings is 4. The maximum Gasteiger partial charge on any atom is 0.324 e. The third-order valence-electron chi connectivity index (χ3n) is 13.0. The lowest BCUT2D eigenvalue weighted by atomic mass is 10.1. The lowest BCUT2D eigenvalue weighted by molar-refractivity contribution is -0.137. The van der Waals surface area contributed by atoms with Crippen LogP contribution in [0.25, 0.3) is 32.2 Å². The van der Waals surface area contributed by atoms with Crippen LogP contribution in [0.2, 0.25) is 10.0 Å². The number of rotatable bonds is 19. The fourth-order valence-corrected chi connectivity index (χ4v) is 8.98. The molecule has 4 heterocycles. The molecule has 30 heteroatoms. The number of urea groups is 1. The van der Waals surface area contributed by atoms with Crippen molar-refractivity contribution in [2.75, 3.05) is 29.5 Å². The SMILES string of the molecule is C.NC(=O)c1nn(CC(=O)N(CC(=O)NCc2cccc(Cl)c2F)C2CC2)c2ccc(NC(=O)Nc3ccccn3)cc12.Nc1ccccn1.[N-]=[N+]=NC(=O)c1ccc2c(c1)c(C(N)=O)nn2CC(=O)N(CC(=O)NCc1cccc(Cl)c1F)C1CC1. The maximum atomic E-state index is 14.2. The highest BCUT2D eigenvalue weighted by Gasteiger charge is 2.36. The molecule has 9 amide bonds. The number of carbonyl (C=O) groups excluding carboxylic acids is 8. The average Bonchev–Trinajstić information content (AvgIpc) is 2.78. The molecule has 87 heavy (non-hydrogen) atoms. The van der Waals surface area contributed by atoms with E-state index in [-0.39, 0.29) is 108 Å². The van der Waals surface area contributed by atoms with Gasteiger partial charge in [0.1, 0.15) is 36.4 Å². The largest absolute Gasteiger partial charge is 0.384 e. The number of primary amides is 2. The molecule has 2 aliphatic rings. The zero-order chi connectivity index (χ0) is 61.6. The zero-order valence-corrected chi connectivity index (χ0v) is 46.7. The van der Waals surface area contributed by atoms with E-state index in [1.807, 2.05) is 12.1 Å². The van der Waals surface area contributed by atoms with E-state index in [9.17, 15) is 47.1 Å². The van der Waals surface area contributed by atoms with E-state index >= 15 is 0 Å². The van der Waals surface area contributed by atoms with Crippen molar-refractivity contribution in [1.82, 2.24) is 50.0 Å². The second kappa shape index (κ2) is 29.3. The zero-order valence-electron chi connectivity index (χ0n) is 45.2. The van der Waals surface area contributed by atoms with E-state index in [4.69, 9.17) is 45.9 Å². The second-order valence-corrected chi connectivity index (χ2v) is 20.0. The fourth-order valence-electron chi connectivity index (χ4n) is 8.59. The van der Waals surface area contributed by atoms with Gasteiger partial charge in [-0.05, 0) is 109 Å². The van der Waals surface area contributed by atoms with Crippen LogP contribution < -0.4 is 38.5 Å². The van der Waals surface area contributed by atoms with Gasteiger partial charge in [0, 0.05) is 75.6 Å². The summed E-state index contributed by atoms with van der Waals surface area (Å²) >= 11 is 11.6. The highest BCUT2D eigenvalue weighted by Crippen LogP contribution is 2.30. The number of nitrogen functional groups attached to an aromatic ring is 1. The molecule has 0 saturated heterocycles. The molecule has 0 unspecified atom stereocenters. The Morgan fingerprint density at radius 3 is 1.57 bits per heavy atom. The van der Waals surface area contributed by atoms with Gasteiger partial charge in [-0.1, -0.05) is 67.0 Å². The molecule has 2 fully saturated rings. The van der Waals surface area contributed by atoms with Crippen LogP contribution in [0, 0.1) is 11.6 Å². The minimum absolute atomic E-state index is 0. The summed E-state index contributed by atoms with van der Waals surface area (Å²) in [5.74, 6) is -4.62. The molecule has 2 aliphatic carbocycles. The number of nitrogens with one attached hydrogen (secondary N) is 4. The summed E-state index contributed by atoms with van der Waals surface area (Å²) in [5.41, 5.74) is 26.1. The molecule has 0 spiro atoms. The highest BCUT2D eigenvalue weighted by molar-refractivity contribution is 6.31. The predicted molar refractivity (Wildman–Crippen MR) is 318 cm³/mol. The molecule has 26 nitrogen and oxygen atoms in total. The first kappa shape index (κ1) is 64.0. The molecule has 10 rings (SSSR count). The van der Waals surface area contributed by atoms with Crippen molar-refractivity contribution >= 4 is 110 Å². The van der Waals surface area contributed by atoms with Gasteiger partial charge in [0.2, 0.25) is 29.5 Å². The van der Waals surface area contributed by atoms with Crippen LogP contribution in [0.15, 0.2) is 127 Å². The van der Waals surface area contributed by atoms with Crippen molar-refractivity contribution < 1.29 is 47.1 Å². The third kappa shape index (κ3) is 17.1. The Morgan fingerprint density at radius 1 is 0.644 bits per heavy atom. The van der Waals surface area contributed by atoms with Crippen molar-refractivity contribution in [2.24, 2.45) is 16.6 Å². The number of nitrogens with zero attached hydrogens (tertiary/aromatic N) is 11. The first-order valence-electron chi connectivity index (χ1n) is 26.1. The van der Waals surface area contributed by atoms with Crippen molar-refractivity contribution in [1.29, 1.82) is 0 Å². The number of hydrogen-bond acceptors (Lipinski definition) is 13. The number of amides is 9. The van der Waals surface area contributed by atoms with Gasteiger partial charge in [-0.25, -0.2) is 23.5 Å². The third-order valence-corrected chi connectivity index (χ3v) is 13.6. The number of azide groups is 1.